The van der Waals surface area contributed by atoms with Crippen LogP contribution in [0.25, 0.3) is 0 Å². The van der Waals surface area contributed by atoms with Gasteiger partial charge in [0, 0.05) is 16.0 Å². The molecule has 2 saturated heterocycles. The molecule has 39 heavy (non-hydrogen) atoms. The van der Waals surface area contributed by atoms with E-state index < -0.39 is 62.9 Å². The molecule has 0 spiro atoms. The molecule has 0 radical (unpaired) electrons. The number of allylic oxidation sites excluding steroid dienone is 2. The second-order valence-corrected chi connectivity index (χ2v) is 12.3. The van der Waals surface area contributed by atoms with Crippen LogP contribution in [0.3, 0.4) is 0 Å². The van der Waals surface area contributed by atoms with Crippen molar-refractivity contribution in [3.05, 3.63) is 63.9 Å². The molecule has 2 aromatic carbocycles. The summed E-state index contributed by atoms with van der Waals surface area (Å²) in [4.78, 5) is 50.4. The van der Waals surface area contributed by atoms with Crippen LogP contribution in [0.15, 0.2) is 52.5 Å². The fourth-order valence-corrected chi connectivity index (χ4v) is 8.01. The molecule has 4 amide bonds. The topological polar surface area (TPSA) is 113 Å². The Bertz CT molecular complexity index is 1520. The van der Waals surface area contributed by atoms with Gasteiger partial charge in [0.25, 0.3) is 11.8 Å². The molecule has 2 aromatic rings. The van der Waals surface area contributed by atoms with Crippen molar-refractivity contribution in [2.24, 2.45) is 17.8 Å². The number of alkyl halides is 2. The lowest BCUT2D eigenvalue weighted by Crippen LogP contribution is -2.60. The highest BCUT2D eigenvalue weighted by atomic mass is 79.9. The summed E-state index contributed by atoms with van der Waals surface area (Å²) in [6.45, 7) is 0. The SMILES string of the molecule is COc1cc(Br)cc([C@H]2C3=CC[C@@H]4C(=O)NC(=O)[C@@H]4[C@@H]3C[C@@]3(Cl)C(=O)N(c4ccc(F)cc4)C(=O)[C@@]23Cl)c1O. The summed E-state index contributed by atoms with van der Waals surface area (Å²) in [5.74, 6) is -6.84. The van der Waals surface area contributed by atoms with Gasteiger partial charge in [0.1, 0.15) is 5.82 Å². The number of fused-ring (bicyclic) bond motifs is 4. The number of hydrogen-bond acceptors (Lipinski definition) is 6. The molecule has 1 saturated carbocycles. The van der Waals surface area contributed by atoms with Crippen LogP contribution in [-0.2, 0) is 19.2 Å². The fraction of sp³-hybridized carbons (Fsp3) is 0.333. The maximum atomic E-state index is 14.2. The molecule has 2 aliphatic carbocycles. The van der Waals surface area contributed by atoms with E-state index in [1.54, 1.807) is 12.1 Å². The van der Waals surface area contributed by atoms with Gasteiger partial charge in [-0.15, -0.1) is 23.2 Å². The van der Waals surface area contributed by atoms with Gasteiger partial charge in [0.05, 0.1) is 24.6 Å². The summed E-state index contributed by atoms with van der Waals surface area (Å²) in [6, 6.07) is 7.81. The predicted molar refractivity (Wildman–Crippen MR) is 142 cm³/mol. The predicted octanol–water partition coefficient (Wildman–Crippen LogP) is 4.15. The second-order valence-electron chi connectivity index (χ2n) is 10.2. The van der Waals surface area contributed by atoms with E-state index in [4.69, 9.17) is 27.9 Å². The lowest BCUT2D eigenvalue weighted by Gasteiger charge is -2.50. The summed E-state index contributed by atoms with van der Waals surface area (Å²) < 4.78 is 19.5. The Balaban J connectivity index is 1.62. The van der Waals surface area contributed by atoms with Gasteiger partial charge >= 0.3 is 0 Å². The third-order valence-corrected chi connectivity index (χ3v) is 10.2. The Morgan fingerprint density at radius 2 is 1.77 bits per heavy atom. The average molecular weight is 638 g/mol. The maximum Gasteiger partial charge on any atom is 0.258 e. The minimum atomic E-state index is -2.16. The number of carbonyl (C=O) groups is 4. The van der Waals surface area contributed by atoms with E-state index in [1.165, 1.54) is 25.3 Å². The molecule has 0 aromatic heterocycles. The number of nitrogens with zero attached hydrogens (tertiary/aromatic N) is 1. The first-order valence-electron chi connectivity index (χ1n) is 12.1. The minimum Gasteiger partial charge on any atom is -0.504 e. The number of hydrogen-bond donors (Lipinski definition) is 2. The molecule has 3 fully saturated rings. The summed E-state index contributed by atoms with van der Waals surface area (Å²) in [6.07, 6.45) is 1.74. The molecule has 2 N–H and O–H groups in total. The molecule has 4 aliphatic rings. The summed E-state index contributed by atoms with van der Waals surface area (Å²) >= 11 is 17.8. The van der Waals surface area contributed by atoms with Crippen LogP contribution in [0.1, 0.15) is 24.3 Å². The number of benzene rings is 2. The number of aromatic hydroxyl groups is 1. The van der Waals surface area contributed by atoms with Gasteiger partial charge in [0.2, 0.25) is 11.8 Å². The van der Waals surface area contributed by atoms with E-state index in [-0.39, 0.29) is 35.6 Å². The highest BCUT2D eigenvalue weighted by Gasteiger charge is 2.76. The van der Waals surface area contributed by atoms with E-state index >= 15 is 0 Å². The van der Waals surface area contributed by atoms with Gasteiger partial charge in [0.15, 0.2) is 21.2 Å². The first-order valence-corrected chi connectivity index (χ1v) is 13.6. The number of phenolic OH excluding ortho intramolecular Hbond substituents is 1. The number of carbonyl (C=O) groups excluding carboxylic acids is 4. The smallest absolute Gasteiger partial charge is 0.258 e. The number of ether oxygens (including phenoxy) is 1. The molecule has 2 aliphatic heterocycles. The van der Waals surface area contributed by atoms with Crippen LogP contribution in [0.2, 0.25) is 0 Å². The molecule has 12 heteroatoms. The molecular weight excluding hydrogens is 618 g/mol. The number of rotatable bonds is 3. The van der Waals surface area contributed by atoms with E-state index in [1.807, 2.05) is 0 Å². The number of anilines is 1. The van der Waals surface area contributed by atoms with Crippen LogP contribution >= 0.6 is 39.1 Å². The Labute approximate surface area is 240 Å². The number of halogens is 4. The molecule has 8 nitrogen and oxygen atoms in total. The minimum absolute atomic E-state index is 0.0688. The summed E-state index contributed by atoms with van der Waals surface area (Å²) in [5.41, 5.74) is 0.742. The largest absolute Gasteiger partial charge is 0.504 e. The van der Waals surface area contributed by atoms with Crippen molar-refractivity contribution < 1.29 is 33.4 Å². The van der Waals surface area contributed by atoms with E-state index in [9.17, 15) is 28.7 Å². The van der Waals surface area contributed by atoms with Gasteiger partial charge in [-0.3, -0.25) is 24.5 Å². The molecule has 6 atom stereocenters. The van der Waals surface area contributed by atoms with Crippen molar-refractivity contribution in [3.8, 4) is 11.5 Å². The van der Waals surface area contributed by atoms with Crippen molar-refractivity contribution in [2.45, 2.75) is 28.5 Å². The Morgan fingerprint density at radius 1 is 1.08 bits per heavy atom. The van der Waals surface area contributed by atoms with Crippen molar-refractivity contribution in [3.63, 3.8) is 0 Å². The summed E-state index contributed by atoms with van der Waals surface area (Å²) in [7, 11) is 1.36. The van der Waals surface area contributed by atoms with Gasteiger partial charge in [-0.2, -0.15) is 0 Å². The van der Waals surface area contributed by atoms with Crippen molar-refractivity contribution >= 4 is 68.4 Å². The zero-order valence-corrected chi connectivity index (χ0v) is 23.3. The monoisotopic (exact) mass is 636 g/mol. The van der Waals surface area contributed by atoms with Gasteiger partial charge in [-0.1, -0.05) is 27.6 Å². The van der Waals surface area contributed by atoms with E-state index in [0.717, 1.165) is 17.0 Å². The molecule has 6 rings (SSSR count). The maximum absolute atomic E-state index is 14.2. The Kier molecular flexibility index (Phi) is 5.91. The Hall–Kier alpha value is -2.95. The fourth-order valence-electron chi connectivity index (χ4n) is 6.63. The van der Waals surface area contributed by atoms with E-state index in [2.05, 4.69) is 21.2 Å². The van der Waals surface area contributed by atoms with Crippen LogP contribution in [0, 0.1) is 23.6 Å². The molecule has 0 unspecified atom stereocenters. The third-order valence-electron chi connectivity index (χ3n) is 8.34. The lowest BCUT2D eigenvalue weighted by molar-refractivity contribution is -0.127. The number of imide groups is 2. The standard InChI is InChI=1S/C27H20BrCl2FN2O6/c1-39-18-9-11(28)8-16(21(18)34)20-14-6-7-15-19(23(36)32-22(15)35)17(14)10-26(29)24(37)33(25(38)27(20,26)30)13-4-2-12(31)3-5-13/h2-6,8-9,15,17,19-20,34H,7,10H2,1H3,(H,32,35,36)/t15-,17+,19-,20+,26+,27-/m0/s1. The van der Waals surface area contributed by atoms with Crippen molar-refractivity contribution in [2.75, 3.05) is 12.0 Å². The first kappa shape index (κ1) is 26.3. The highest BCUT2D eigenvalue weighted by Crippen LogP contribution is 2.66. The number of methoxy groups -OCH3 is 1. The average Bonchev–Trinajstić information content (AvgIpc) is 3.27. The van der Waals surface area contributed by atoms with Crippen LogP contribution in [0.5, 0.6) is 11.5 Å². The lowest BCUT2D eigenvalue weighted by atomic mass is 9.56. The zero-order valence-electron chi connectivity index (χ0n) is 20.2. The number of nitrogens with one attached hydrogen (secondary N) is 1. The van der Waals surface area contributed by atoms with Gasteiger partial charge in [-0.05, 0) is 55.2 Å². The van der Waals surface area contributed by atoms with E-state index in [0.29, 0.717) is 10.0 Å². The Morgan fingerprint density at radius 3 is 2.44 bits per heavy atom. The molecule has 2 heterocycles. The molecular formula is C27H20BrCl2FN2O6. The van der Waals surface area contributed by atoms with Crippen LogP contribution in [-0.4, -0.2) is 45.6 Å². The summed E-state index contributed by atoms with van der Waals surface area (Å²) in [5, 5.41) is 13.6. The number of phenols is 1. The third kappa shape index (κ3) is 3.40. The van der Waals surface area contributed by atoms with Crippen molar-refractivity contribution in [1.29, 1.82) is 0 Å². The molecule has 202 valence electrons. The highest BCUT2D eigenvalue weighted by molar-refractivity contribution is 9.10. The zero-order chi connectivity index (χ0) is 28.0. The van der Waals surface area contributed by atoms with Crippen LogP contribution in [0.4, 0.5) is 10.1 Å². The first-order chi connectivity index (χ1) is 18.4. The van der Waals surface area contributed by atoms with Gasteiger partial charge in [-0.25, -0.2) is 9.29 Å². The quantitative estimate of drug-likeness (QED) is 0.297. The number of amides is 4. The van der Waals surface area contributed by atoms with Crippen LogP contribution < -0.4 is 15.0 Å². The normalized spacial score (nSPS) is 33.4. The van der Waals surface area contributed by atoms with Gasteiger partial charge < -0.3 is 9.84 Å². The molecule has 0 bridgehead atoms. The second kappa shape index (κ2) is 8.78. The van der Waals surface area contributed by atoms with Crippen molar-refractivity contribution in [1.82, 2.24) is 5.32 Å².